The maximum atomic E-state index is 13.3. The maximum Gasteiger partial charge on any atom is 0.260 e. The number of aromatic amines is 1. The SMILES string of the molecule is Cc1cc(-c2csc3nc(C(c4ccccc4)c4ccccc4)[nH]c(=O)c23)ccc1Cl. The third kappa shape index (κ3) is 3.69. The van der Waals surface area contributed by atoms with Crippen molar-refractivity contribution in [2.75, 3.05) is 0 Å². The number of halogens is 1. The standard InChI is InChI=1S/C26H19ClN2OS/c1-16-14-19(12-13-21(16)27)20-15-31-26-23(20)25(30)28-24(29-26)22(17-8-4-2-5-9-17)18-10-6-3-7-11-18/h2-15,22H,1H3,(H,28,29,30). The van der Waals surface area contributed by atoms with Crippen molar-refractivity contribution >= 4 is 33.2 Å². The number of benzene rings is 3. The first kappa shape index (κ1) is 19.7. The number of thiophene rings is 1. The number of aromatic nitrogens is 2. The Labute approximate surface area is 189 Å². The van der Waals surface area contributed by atoms with Crippen molar-refractivity contribution in [1.29, 1.82) is 0 Å². The summed E-state index contributed by atoms with van der Waals surface area (Å²) in [5.74, 6) is 0.499. The van der Waals surface area contributed by atoms with Gasteiger partial charge >= 0.3 is 0 Å². The van der Waals surface area contributed by atoms with Crippen molar-refractivity contribution in [3.63, 3.8) is 0 Å². The highest BCUT2D eigenvalue weighted by Gasteiger charge is 2.21. The van der Waals surface area contributed by atoms with Gasteiger partial charge in [0.2, 0.25) is 0 Å². The molecule has 2 aromatic heterocycles. The quantitative estimate of drug-likeness (QED) is 0.333. The summed E-state index contributed by atoms with van der Waals surface area (Å²) in [5, 5.41) is 3.33. The Hall–Kier alpha value is -3.21. The molecule has 31 heavy (non-hydrogen) atoms. The van der Waals surface area contributed by atoms with Crippen molar-refractivity contribution in [2.24, 2.45) is 0 Å². The fraction of sp³-hybridized carbons (Fsp3) is 0.0769. The largest absolute Gasteiger partial charge is 0.309 e. The van der Waals surface area contributed by atoms with Gasteiger partial charge in [-0.1, -0.05) is 78.3 Å². The molecule has 0 radical (unpaired) electrons. The fourth-order valence-corrected chi connectivity index (χ4v) is 5.00. The molecule has 3 aromatic carbocycles. The van der Waals surface area contributed by atoms with E-state index in [0.717, 1.165) is 32.6 Å². The van der Waals surface area contributed by atoms with Gasteiger partial charge in [0.15, 0.2) is 0 Å². The fourth-order valence-electron chi connectivity index (χ4n) is 3.93. The Bertz CT molecular complexity index is 1390. The van der Waals surface area contributed by atoms with Crippen LogP contribution in [0, 0.1) is 6.92 Å². The first-order valence-corrected chi connectivity index (χ1v) is 11.3. The first-order valence-electron chi connectivity index (χ1n) is 9.99. The second-order valence-electron chi connectivity index (χ2n) is 7.50. The Morgan fingerprint density at radius 2 is 1.58 bits per heavy atom. The molecular weight excluding hydrogens is 424 g/mol. The molecule has 3 nitrogen and oxygen atoms in total. The van der Waals surface area contributed by atoms with Crippen LogP contribution in [0.5, 0.6) is 0 Å². The second-order valence-corrected chi connectivity index (χ2v) is 8.76. The Kier molecular flexibility index (Phi) is 5.18. The average molecular weight is 443 g/mol. The van der Waals surface area contributed by atoms with Crippen LogP contribution in [0.4, 0.5) is 0 Å². The van der Waals surface area contributed by atoms with E-state index in [1.54, 1.807) is 0 Å². The van der Waals surface area contributed by atoms with Gasteiger partial charge in [0.25, 0.3) is 5.56 Å². The lowest BCUT2D eigenvalue weighted by molar-refractivity contribution is 0.860. The summed E-state index contributed by atoms with van der Waals surface area (Å²) in [7, 11) is 0. The predicted molar refractivity (Wildman–Crippen MR) is 129 cm³/mol. The van der Waals surface area contributed by atoms with Gasteiger partial charge in [-0.05, 0) is 41.3 Å². The number of H-pyrrole nitrogens is 1. The van der Waals surface area contributed by atoms with Crippen LogP contribution < -0.4 is 5.56 Å². The molecule has 5 heteroatoms. The average Bonchev–Trinajstić information content (AvgIpc) is 3.22. The maximum absolute atomic E-state index is 13.3. The molecule has 2 heterocycles. The van der Waals surface area contributed by atoms with Gasteiger partial charge in [0.05, 0.1) is 11.3 Å². The molecule has 0 amide bonds. The summed E-state index contributed by atoms with van der Waals surface area (Å²) < 4.78 is 0. The minimum absolute atomic E-state index is 0.124. The monoisotopic (exact) mass is 442 g/mol. The lowest BCUT2D eigenvalue weighted by atomic mass is 9.90. The smallest absolute Gasteiger partial charge is 0.260 e. The van der Waals surface area contributed by atoms with Crippen LogP contribution in [0.2, 0.25) is 5.02 Å². The molecule has 0 bridgehead atoms. The molecule has 0 saturated carbocycles. The van der Waals surface area contributed by atoms with Crippen LogP contribution in [0.1, 0.15) is 28.4 Å². The molecule has 0 unspecified atom stereocenters. The Morgan fingerprint density at radius 1 is 0.935 bits per heavy atom. The summed E-state index contributed by atoms with van der Waals surface area (Å²) in [6, 6.07) is 26.1. The minimum Gasteiger partial charge on any atom is -0.309 e. The normalized spacial score (nSPS) is 11.3. The molecule has 5 aromatic rings. The predicted octanol–water partition coefficient (Wildman–Crippen LogP) is 6.79. The highest BCUT2D eigenvalue weighted by Crippen LogP contribution is 2.35. The third-order valence-corrected chi connectivity index (χ3v) is 6.77. The summed E-state index contributed by atoms with van der Waals surface area (Å²) in [4.78, 5) is 22.0. The molecule has 0 aliphatic rings. The van der Waals surface area contributed by atoms with E-state index >= 15 is 0 Å². The lowest BCUT2D eigenvalue weighted by Crippen LogP contribution is -2.16. The van der Waals surface area contributed by atoms with Crippen molar-refractivity contribution in [2.45, 2.75) is 12.8 Å². The topological polar surface area (TPSA) is 45.8 Å². The van der Waals surface area contributed by atoms with Crippen molar-refractivity contribution in [3.05, 3.63) is 122 Å². The number of fused-ring (bicyclic) bond motifs is 1. The molecule has 0 aliphatic carbocycles. The van der Waals surface area contributed by atoms with Gasteiger partial charge in [-0.25, -0.2) is 4.98 Å². The zero-order valence-electron chi connectivity index (χ0n) is 16.8. The molecule has 5 rings (SSSR count). The first-order chi connectivity index (χ1) is 15.1. The number of hydrogen-bond donors (Lipinski definition) is 1. The molecule has 0 spiro atoms. The van der Waals surface area contributed by atoms with E-state index in [9.17, 15) is 4.79 Å². The molecule has 152 valence electrons. The van der Waals surface area contributed by atoms with Gasteiger partial charge in [-0.2, -0.15) is 0 Å². The molecule has 0 fully saturated rings. The number of nitrogens with zero attached hydrogens (tertiary/aromatic N) is 1. The number of hydrogen-bond acceptors (Lipinski definition) is 3. The second kappa shape index (κ2) is 8.14. The number of rotatable bonds is 4. The van der Waals surface area contributed by atoms with E-state index in [4.69, 9.17) is 16.6 Å². The van der Waals surface area contributed by atoms with E-state index in [2.05, 4.69) is 29.2 Å². The Balaban J connectivity index is 1.68. The van der Waals surface area contributed by atoms with Gasteiger partial charge in [-0.15, -0.1) is 11.3 Å². The van der Waals surface area contributed by atoms with E-state index in [0.29, 0.717) is 16.2 Å². The molecule has 0 saturated heterocycles. The zero-order chi connectivity index (χ0) is 21.4. The van der Waals surface area contributed by atoms with Gasteiger partial charge in [0, 0.05) is 16.0 Å². The Morgan fingerprint density at radius 3 is 2.19 bits per heavy atom. The third-order valence-electron chi connectivity index (χ3n) is 5.47. The highest BCUT2D eigenvalue weighted by atomic mass is 35.5. The number of aryl methyl sites for hydroxylation is 1. The van der Waals surface area contributed by atoms with E-state index in [1.807, 2.05) is 66.9 Å². The zero-order valence-corrected chi connectivity index (χ0v) is 18.4. The summed E-state index contributed by atoms with van der Waals surface area (Å²) in [5.41, 5.74) is 4.88. The molecule has 0 atom stereocenters. The van der Waals surface area contributed by atoms with E-state index < -0.39 is 0 Å². The molecule has 0 aliphatic heterocycles. The van der Waals surface area contributed by atoms with Crippen LogP contribution in [0.25, 0.3) is 21.3 Å². The molecular formula is C26H19ClN2OS. The summed E-state index contributed by atoms with van der Waals surface area (Å²) in [6.07, 6.45) is 0. The van der Waals surface area contributed by atoms with Crippen LogP contribution in [-0.2, 0) is 0 Å². The van der Waals surface area contributed by atoms with Crippen LogP contribution in [-0.4, -0.2) is 9.97 Å². The van der Waals surface area contributed by atoms with Crippen molar-refractivity contribution in [1.82, 2.24) is 9.97 Å². The minimum atomic E-state index is -0.150. The van der Waals surface area contributed by atoms with E-state index in [1.165, 1.54) is 11.3 Å². The van der Waals surface area contributed by atoms with Crippen LogP contribution >= 0.6 is 22.9 Å². The van der Waals surface area contributed by atoms with Crippen LogP contribution in [0.3, 0.4) is 0 Å². The molecule has 1 N–H and O–H groups in total. The highest BCUT2D eigenvalue weighted by molar-refractivity contribution is 7.17. The van der Waals surface area contributed by atoms with Crippen LogP contribution in [0.15, 0.2) is 89.0 Å². The summed E-state index contributed by atoms with van der Waals surface area (Å²) in [6.45, 7) is 1.96. The van der Waals surface area contributed by atoms with Crippen molar-refractivity contribution < 1.29 is 0 Å². The van der Waals surface area contributed by atoms with Gasteiger partial charge in [-0.3, -0.25) is 4.79 Å². The lowest BCUT2D eigenvalue weighted by Gasteiger charge is -2.17. The van der Waals surface area contributed by atoms with E-state index in [-0.39, 0.29) is 11.5 Å². The number of nitrogens with one attached hydrogen (secondary N) is 1. The van der Waals surface area contributed by atoms with Gasteiger partial charge in [0.1, 0.15) is 10.7 Å². The van der Waals surface area contributed by atoms with Crippen molar-refractivity contribution in [3.8, 4) is 11.1 Å². The summed E-state index contributed by atoms with van der Waals surface area (Å²) >= 11 is 7.68. The van der Waals surface area contributed by atoms with Gasteiger partial charge < -0.3 is 4.98 Å².